The largest absolute Gasteiger partial charge is 0.345 e. The Bertz CT molecular complexity index is 551. The summed E-state index contributed by atoms with van der Waals surface area (Å²) < 4.78 is 0.901. The van der Waals surface area contributed by atoms with E-state index in [2.05, 4.69) is 27.2 Å². The van der Waals surface area contributed by atoms with Crippen LogP contribution in [0.4, 0.5) is 5.69 Å². The number of halogens is 1. The third-order valence-electron chi connectivity index (χ3n) is 2.98. The van der Waals surface area contributed by atoms with E-state index in [1.54, 1.807) is 4.90 Å². The van der Waals surface area contributed by atoms with Crippen molar-refractivity contribution in [1.82, 2.24) is 5.32 Å². The fourth-order valence-corrected chi connectivity index (χ4v) is 2.45. The second kappa shape index (κ2) is 5.89. The van der Waals surface area contributed by atoms with Crippen molar-refractivity contribution in [2.75, 3.05) is 18.0 Å². The molecule has 19 heavy (non-hydrogen) atoms. The van der Waals surface area contributed by atoms with Gasteiger partial charge in [-0.2, -0.15) is 0 Å². The summed E-state index contributed by atoms with van der Waals surface area (Å²) >= 11 is 3.37. The summed E-state index contributed by atoms with van der Waals surface area (Å²) in [4.78, 5) is 25.4. The second-order valence-corrected chi connectivity index (χ2v) is 5.22. The van der Waals surface area contributed by atoms with Gasteiger partial charge in [0.05, 0.1) is 12.5 Å². The molecule has 1 aromatic rings. The Hall–Kier alpha value is -1.80. The second-order valence-electron chi connectivity index (χ2n) is 4.31. The Balaban J connectivity index is 2.08. The fourth-order valence-electron chi connectivity index (χ4n) is 2.06. The van der Waals surface area contributed by atoms with Crippen molar-refractivity contribution in [2.45, 2.75) is 6.42 Å². The minimum absolute atomic E-state index is 0.0426. The zero-order chi connectivity index (χ0) is 13.8. The number of amides is 2. The van der Waals surface area contributed by atoms with Gasteiger partial charge in [-0.3, -0.25) is 9.59 Å². The van der Waals surface area contributed by atoms with Gasteiger partial charge in [0.1, 0.15) is 0 Å². The molecule has 1 heterocycles. The van der Waals surface area contributed by atoms with E-state index in [0.29, 0.717) is 6.54 Å². The SMILES string of the molecule is C#CCNC(=O)C1CC(=O)N(c2cccc(Br)c2)C1. The number of carbonyl (C=O) groups is 2. The number of nitrogens with zero attached hydrogens (tertiary/aromatic N) is 1. The molecule has 2 amide bonds. The zero-order valence-electron chi connectivity index (χ0n) is 10.2. The van der Waals surface area contributed by atoms with Gasteiger partial charge in [-0.05, 0) is 18.2 Å². The van der Waals surface area contributed by atoms with Crippen LogP contribution >= 0.6 is 15.9 Å². The van der Waals surface area contributed by atoms with Crippen LogP contribution in [-0.2, 0) is 9.59 Å². The van der Waals surface area contributed by atoms with E-state index in [1.165, 1.54) is 0 Å². The van der Waals surface area contributed by atoms with Gasteiger partial charge in [-0.1, -0.05) is 27.9 Å². The maximum absolute atomic E-state index is 12.0. The smallest absolute Gasteiger partial charge is 0.227 e. The van der Waals surface area contributed by atoms with Gasteiger partial charge < -0.3 is 10.2 Å². The summed E-state index contributed by atoms with van der Waals surface area (Å²) in [5.41, 5.74) is 0.798. The van der Waals surface area contributed by atoms with Crippen LogP contribution in [0, 0.1) is 18.3 Å². The molecule has 1 unspecified atom stereocenters. The van der Waals surface area contributed by atoms with Gasteiger partial charge in [0.2, 0.25) is 11.8 Å². The number of hydrogen-bond acceptors (Lipinski definition) is 2. The summed E-state index contributed by atoms with van der Waals surface area (Å²) in [6, 6.07) is 7.46. The Morgan fingerprint density at radius 3 is 3.05 bits per heavy atom. The Morgan fingerprint density at radius 2 is 2.37 bits per heavy atom. The highest BCUT2D eigenvalue weighted by Gasteiger charge is 2.34. The Kier molecular flexibility index (Phi) is 4.23. The molecule has 1 aromatic carbocycles. The highest BCUT2D eigenvalue weighted by molar-refractivity contribution is 9.10. The molecular weight excluding hydrogens is 308 g/mol. The summed E-state index contributed by atoms with van der Waals surface area (Å²) in [6.45, 7) is 0.589. The van der Waals surface area contributed by atoms with E-state index >= 15 is 0 Å². The fraction of sp³-hybridized carbons (Fsp3) is 0.286. The van der Waals surface area contributed by atoms with Gasteiger partial charge in [-0.25, -0.2) is 0 Å². The van der Waals surface area contributed by atoms with Crippen molar-refractivity contribution in [3.8, 4) is 12.3 Å². The molecule has 1 fully saturated rings. The van der Waals surface area contributed by atoms with E-state index in [9.17, 15) is 9.59 Å². The van der Waals surface area contributed by atoms with E-state index < -0.39 is 0 Å². The lowest BCUT2D eigenvalue weighted by Gasteiger charge is -2.16. The lowest BCUT2D eigenvalue weighted by atomic mass is 10.1. The first kappa shape index (κ1) is 13.6. The Labute approximate surface area is 120 Å². The van der Waals surface area contributed by atoms with Crippen molar-refractivity contribution >= 4 is 33.4 Å². The molecule has 1 aliphatic rings. The quantitative estimate of drug-likeness (QED) is 0.859. The average Bonchev–Trinajstić information content (AvgIpc) is 2.78. The van der Waals surface area contributed by atoms with Crippen molar-refractivity contribution < 1.29 is 9.59 Å². The molecule has 0 bridgehead atoms. The lowest BCUT2D eigenvalue weighted by molar-refractivity contribution is -0.126. The van der Waals surface area contributed by atoms with Crippen molar-refractivity contribution in [3.63, 3.8) is 0 Å². The number of rotatable bonds is 3. The monoisotopic (exact) mass is 320 g/mol. The van der Waals surface area contributed by atoms with Crippen molar-refractivity contribution in [1.29, 1.82) is 0 Å². The molecular formula is C14H13BrN2O2. The minimum atomic E-state index is -0.333. The standard InChI is InChI=1S/C14H13BrN2O2/c1-2-6-16-14(19)10-7-13(18)17(9-10)12-5-3-4-11(15)8-12/h1,3-5,8,10H,6-7,9H2,(H,16,19). The van der Waals surface area contributed by atoms with Gasteiger partial charge >= 0.3 is 0 Å². The zero-order valence-corrected chi connectivity index (χ0v) is 11.8. The van der Waals surface area contributed by atoms with Crippen molar-refractivity contribution in [3.05, 3.63) is 28.7 Å². The van der Waals surface area contributed by atoms with E-state index in [-0.39, 0.29) is 30.7 Å². The number of carbonyl (C=O) groups excluding carboxylic acids is 2. The predicted octanol–water partition coefficient (Wildman–Crippen LogP) is 1.55. The minimum Gasteiger partial charge on any atom is -0.345 e. The van der Waals surface area contributed by atoms with E-state index in [1.807, 2.05) is 24.3 Å². The maximum atomic E-state index is 12.0. The maximum Gasteiger partial charge on any atom is 0.227 e. The summed E-state index contributed by atoms with van der Waals surface area (Å²) in [7, 11) is 0. The molecule has 0 aliphatic carbocycles. The predicted molar refractivity (Wildman–Crippen MR) is 76.4 cm³/mol. The molecule has 1 N–H and O–H groups in total. The lowest BCUT2D eigenvalue weighted by Crippen LogP contribution is -2.33. The highest BCUT2D eigenvalue weighted by Crippen LogP contribution is 2.27. The van der Waals surface area contributed by atoms with Gasteiger partial charge in [-0.15, -0.1) is 6.42 Å². The molecule has 1 aliphatic heterocycles. The molecule has 1 atom stereocenters. The van der Waals surface area contributed by atoms with Crippen molar-refractivity contribution in [2.24, 2.45) is 5.92 Å². The third-order valence-corrected chi connectivity index (χ3v) is 3.47. The molecule has 2 rings (SSSR count). The number of nitrogens with one attached hydrogen (secondary N) is 1. The summed E-state index contributed by atoms with van der Waals surface area (Å²) in [5, 5.41) is 2.62. The van der Waals surface area contributed by atoms with Gasteiger partial charge in [0.25, 0.3) is 0 Å². The molecule has 0 spiro atoms. The van der Waals surface area contributed by atoms with Crippen LogP contribution < -0.4 is 10.2 Å². The first-order valence-electron chi connectivity index (χ1n) is 5.89. The number of anilines is 1. The molecule has 0 radical (unpaired) electrons. The van der Waals surface area contributed by atoms with Crippen LogP contribution in [0.1, 0.15) is 6.42 Å². The van der Waals surface area contributed by atoms with Gasteiger partial charge in [0.15, 0.2) is 0 Å². The normalized spacial score (nSPS) is 18.2. The molecule has 98 valence electrons. The molecule has 1 saturated heterocycles. The average molecular weight is 321 g/mol. The van der Waals surface area contributed by atoms with Crippen LogP contribution in [-0.4, -0.2) is 24.9 Å². The third kappa shape index (κ3) is 3.15. The van der Waals surface area contributed by atoms with Crippen LogP contribution in [0.5, 0.6) is 0 Å². The highest BCUT2D eigenvalue weighted by atomic mass is 79.9. The molecule has 4 nitrogen and oxygen atoms in total. The molecule has 0 saturated carbocycles. The first-order chi connectivity index (χ1) is 9.11. The van der Waals surface area contributed by atoms with Crippen LogP contribution in [0.15, 0.2) is 28.7 Å². The summed E-state index contributed by atoms with van der Waals surface area (Å²) in [5.74, 6) is 1.81. The van der Waals surface area contributed by atoms with E-state index in [4.69, 9.17) is 6.42 Å². The van der Waals surface area contributed by atoms with Crippen LogP contribution in [0.2, 0.25) is 0 Å². The molecule has 0 aromatic heterocycles. The number of terminal acetylenes is 1. The summed E-state index contributed by atoms with van der Waals surface area (Å²) in [6.07, 6.45) is 5.32. The van der Waals surface area contributed by atoms with Crippen LogP contribution in [0.25, 0.3) is 0 Å². The number of benzene rings is 1. The van der Waals surface area contributed by atoms with Crippen LogP contribution in [0.3, 0.4) is 0 Å². The number of hydrogen-bond donors (Lipinski definition) is 1. The topological polar surface area (TPSA) is 49.4 Å². The first-order valence-corrected chi connectivity index (χ1v) is 6.68. The van der Waals surface area contributed by atoms with E-state index in [0.717, 1.165) is 10.2 Å². The molecule has 5 heteroatoms. The van der Waals surface area contributed by atoms with Gasteiger partial charge in [0, 0.05) is 23.1 Å². The Morgan fingerprint density at radius 1 is 1.58 bits per heavy atom.